The topological polar surface area (TPSA) is 100 Å². The average Bonchev–Trinajstić information content (AvgIpc) is 3.35. The molecule has 2 aromatic carbocycles. The van der Waals surface area contributed by atoms with Crippen molar-refractivity contribution < 1.29 is 14.1 Å². The summed E-state index contributed by atoms with van der Waals surface area (Å²) in [5, 5.41) is 9.52. The van der Waals surface area contributed by atoms with E-state index in [9.17, 15) is 9.59 Å². The maximum Gasteiger partial charge on any atom is 0.322 e. The standard InChI is InChI=1S/C21H21N5O3/c1-14-11-16(7-8-17(14)26-10-9-22-21(26)28)20(27)23-13-19-24-18(25-29-19)12-15-5-3-2-4-6-15/h2-8,11H,9-10,12-13H2,1H3,(H,22,28)(H,23,27). The van der Waals surface area contributed by atoms with Gasteiger partial charge in [-0.1, -0.05) is 35.5 Å². The lowest BCUT2D eigenvalue weighted by Crippen LogP contribution is -2.28. The van der Waals surface area contributed by atoms with Crippen LogP contribution in [0.4, 0.5) is 10.5 Å². The molecule has 8 nitrogen and oxygen atoms in total. The molecule has 3 amide bonds. The van der Waals surface area contributed by atoms with E-state index in [1.54, 1.807) is 23.1 Å². The van der Waals surface area contributed by atoms with Crippen molar-refractivity contribution in [2.24, 2.45) is 0 Å². The summed E-state index contributed by atoms with van der Waals surface area (Å²) < 4.78 is 5.22. The van der Waals surface area contributed by atoms with Gasteiger partial charge in [-0.15, -0.1) is 0 Å². The minimum Gasteiger partial charge on any atom is -0.343 e. The molecule has 2 heterocycles. The first-order chi connectivity index (χ1) is 14.1. The summed E-state index contributed by atoms with van der Waals surface area (Å²) in [6, 6.07) is 15.0. The number of benzene rings is 2. The van der Waals surface area contributed by atoms with Crippen LogP contribution < -0.4 is 15.5 Å². The van der Waals surface area contributed by atoms with Crippen LogP contribution >= 0.6 is 0 Å². The normalized spacial score (nSPS) is 13.4. The molecule has 0 unspecified atom stereocenters. The third-order valence-corrected chi connectivity index (χ3v) is 4.72. The van der Waals surface area contributed by atoms with Gasteiger partial charge in [0.2, 0.25) is 5.89 Å². The van der Waals surface area contributed by atoms with E-state index in [-0.39, 0.29) is 18.5 Å². The summed E-state index contributed by atoms with van der Waals surface area (Å²) in [5.41, 5.74) is 3.26. The van der Waals surface area contributed by atoms with Gasteiger partial charge in [0.15, 0.2) is 5.82 Å². The fraction of sp³-hybridized carbons (Fsp3) is 0.238. The van der Waals surface area contributed by atoms with Crippen LogP contribution in [0, 0.1) is 6.92 Å². The first kappa shape index (κ1) is 18.7. The fourth-order valence-electron chi connectivity index (χ4n) is 3.27. The summed E-state index contributed by atoms with van der Waals surface area (Å²) in [6.07, 6.45) is 0.572. The third-order valence-electron chi connectivity index (χ3n) is 4.72. The number of hydrogen-bond acceptors (Lipinski definition) is 5. The van der Waals surface area contributed by atoms with Crippen molar-refractivity contribution in [3.05, 3.63) is 76.9 Å². The van der Waals surface area contributed by atoms with E-state index in [1.165, 1.54) is 0 Å². The smallest absolute Gasteiger partial charge is 0.322 e. The molecule has 0 bridgehead atoms. The summed E-state index contributed by atoms with van der Waals surface area (Å²) in [6.45, 7) is 3.27. The molecule has 1 aliphatic rings. The number of aryl methyl sites for hydroxylation is 1. The van der Waals surface area contributed by atoms with Crippen molar-refractivity contribution in [2.75, 3.05) is 18.0 Å². The molecule has 29 heavy (non-hydrogen) atoms. The molecule has 4 rings (SSSR count). The van der Waals surface area contributed by atoms with Gasteiger partial charge in [0.25, 0.3) is 5.91 Å². The number of anilines is 1. The minimum absolute atomic E-state index is 0.118. The number of nitrogens with zero attached hydrogens (tertiary/aromatic N) is 3. The van der Waals surface area contributed by atoms with Crippen molar-refractivity contribution in [2.45, 2.75) is 19.9 Å². The summed E-state index contributed by atoms with van der Waals surface area (Å²) in [4.78, 5) is 30.3. The second-order valence-electron chi connectivity index (χ2n) is 6.83. The average molecular weight is 391 g/mol. The maximum absolute atomic E-state index is 12.5. The Morgan fingerprint density at radius 1 is 1.24 bits per heavy atom. The van der Waals surface area contributed by atoms with Crippen molar-refractivity contribution in [3.8, 4) is 0 Å². The monoisotopic (exact) mass is 391 g/mol. The minimum atomic E-state index is -0.242. The molecule has 3 aromatic rings. The molecule has 1 saturated heterocycles. The van der Waals surface area contributed by atoms with Crippen LogP contribution in [0.2, 0.25) is 0 Å². The van der Waals surface area contributed by atoms with Gasteiger partial charge in [-0.25, -0.2) is 4.79 Å². The highest BCUT2D eigenvalue weighted by Gasteiger charge is 2.23. The molecule has 1 fully saturated rings. The van der Waals surface area contributed by atoms with Crippen molar-refractivity contribution in [1.82, 2.24) is 20.8 Å². The molecule has 148 valence electrons. The van der Waals surface area contributed by atoms with E-state index >= 15 is 0 Å². The summed E-state index contributed by atoms with van der Waals surface area (Å²) in [5.74, 6) is 0.684. The van der Waals surface area contributed by atoms with E-state index in [0.29, 0.717) is 36.8 Å². The van der Waals surface area contributed by atoms with E-state index in [0.717, 1.165) is 16.8 Å². The number of amides is 3. The third kappa shape index (κ3) is 4.26. The molecule has 0 spiro atoms. The van der Waals surface area contributed by atoms with Gasteiger partial charge < -0.3 is 15.2 Å². The number of rotatable bonds is 6. The van der Waals surface area contributed by atoms with Gasteiger partial charge in [0.05, 0.1) is 6.54 Å². The molecule has 0 aliphatic carbocycles. The highest BCUT2D eigenvalue weighted by atomic mass is 16.5. The molecular formula is C21H21N5O3. The van der Waals surface area contributed by atoms with E-state index in [1.807, 2.05) is 37.3 Å². The largest absolute Gasteiger partial charge is 0.343 e. The van der Waals surface area contributed by atoms with Gasteiger partial charge in [-0.3, -0.25) is 9.69 Å². The Bertz CT molecular complexity index is 1030. The van der Waals surface area contributed by atoms with E-state index < -0.39 is 0 Å². The predicted octanol–water partition coefficient (Wildman–Crippen LogP) is 2.43. The second kappa shape index (κ2) is 8.14. The highest BCUT2D eigenvalue weighted by molar-refractivity contribution is 5.97. The van der Waals surface area contributed by atoms with Crippen LogP contribution in [0.1, 0.15) is 33.2 Å². The van der Waals surface area contributed by atoms with E-state index in [4.69, 9.17) is 4.52 Å². The Labute approximate surface area is 167 Å². The lowest BCUT2D eigenvalue weighted by Gasteiger charge is -2.17. The number of carbonyl (C=O) groups excluding carboxylic acids is 2. The Kier molecular flexibility index (Phi) is 5.24. The van der Waals surface area contributed by atoms with Crippen LogP contribution in [0.5, 0.6) is 0 Å². The number of aromatic nitrogens is 2. The lowest BCUT2D eigenvalue weighted by atomic mass is 10.1. The Hall–Kier alpha value is -3.68. The summed E-state index contributed by atoms with van der Waals surface area (Å²) >= 11 is 0. The second-order valence-corrected chi connectivity index (χ2v) is 6.83. The van der Waals surface area contributed by atoms with Crippen molar-refractivity contribution in [3.63, 3.8) is 0 Å². The molecule has 0 saturated carbocycles. The predicted molar refractivity (Wildman–Crippen MR) is 107 cm³/mol. The zero-order valence-corrected chi connectivity index (χ0v) is 16.0. The molecule has 0 radical (unpaired) electrons. The van der Waals surface area contributed by atoms with Gasteiger partial charge in [-0.2, -0.15) is 4.98 Å². The van der Waals surface area contributed by atoms with Gasteiger partial charge in [-0.05, 0) is 36.2 Å². The van der Waals surface area contributed by atoms with Crippen LogP contribution in [0.15, 0.2) is 53.1 Å². The number of nitrogens with one attached hydrogen (secondary N) is 2. The maximum atomic E-state index is 12.5. The number of carbonyl (C=O) groups is 2. The highest BCUT2D eigenvalue weighted by Crippen LogP contribution is 2.23. The molecule has 8 heteroatoms. The quantitative estimate of drug-likeness (QED) is 0.672. The van der Waals surface area contributed by atoms with Crippen LogP contribution in [-0.2, 0) is 13.0 Å². The molecular weight excluding hydrogens is 370 g/mol. The van der Waals surface area contributed by atoms with Gasteiger partial charge in [0.1, 0.15) is 0 Å². The molecule has 1 aromatic heterocycles. The van der Waals surface area contributed by atoms with E-state index in [2.05, 4.69) is 20.8 Å². The zero-order chi connectivity index (χ0) is 20.2. The Morgan fingerprint density at radius 3 is 2.79 bits per heavy atom. The first-order valence-corrected chi connectivity index (χ1v) is 9.40. The van der Waals surface area contributed by atoms with Crippen LogP contribution in [0.25, 0.3) is 0 Å². The Morgan fingerprint density at radius 2 is 2.07 bits per heavy atom. The molecule has 0 atom stereocenters. The van der Waals surface area contributed by atoms with Crippen LogP contribution in [0.3, 0.4) is 0 Å². The zero-order valence-electron chi connectivity index (χ0n) is 16.0. The number of urea groups is 1. The first-order valence-electron chi connectivity index (χ1n) is 9.40. The van der Waals surface area contributed by atoms with Gasteiger partial charge in [0, 0.05) is 30.8 Å². The molecule has 1 aliphatic heterocycles. The van der Waals surface area contributed by atoms with Crippen molar-refractivity contribution in [1.29, 1.82) is 0 Å². The van der Waals surface area contributed by atoms with Crippen LogP contribution in [-0.4, -0.2) is 35.2 Å². The summed E-state index contributed by atoms with van der Waals surface area (Å²) in [7, 11) is 0. The molecule has 2 N–H and O–H groups in total. The Balaban J connectivity index is 1.36. The fourth-order valence-corrected chi connectivity index (χ4v) is 3.27. The van der Waals surface area contributed by atoms with Crippen molar-refractivity contribution >= 4 is 17.6 Å². The lowest BCUT2D eigenvalue weighted by molar-refractivity contribution is 0.0946. The van der Waals surface area contributed by atoms with Gasteiger partial charge >= 0.3 is 6.03 Å². The SMILES string of the molecule is Cc1cc(C(=O)NCc2nc(Cc3ccccc3)no2)ccc1N1CCNC1=O. The number of hydrogen-bond donors (Lipinski definition) is 2.